The maximum absolute atomic E-state index is 13.5. The Labute approximate surface area is 203 Å². The number of carbonyl (C=O) groups is 3. The fourth-order valence-electron chi connectivity index (χ4n) is 3.79. The summed E-state index contributed by atoms with van der Waals surface area (Å²) in [5.41, 5.74) is 0.411. The molecule has 0 saturated carbocycles. The van der Waals surface area contributed by atoms with Crippen molar-refractivity contribution in [1.29, 1.82) is 0 Å². The third-order valence-electron chi connectivity index (χ3n) is 5.42. The van der Waals surface area contributed by atoms with Gasteiger partial charge in [0.25, 0.3) is 5.91 Å². The summed E-state index contributed by atoms with van der Waals surface area (Å²) >= 11 is 0. The van der Waals surface area contributed by atoms with Crippen LogP contribution in [0.2, 0.25) is 0 Å². The van der Waals surface area contributed by atoms with Crippen LogP contribution in [0.3, 0.4) is 0 Å². The molecule has 1 saturated heterocycles. The van der Waals surface area contributed by atoms with Gasteiger partial charge in [-0.05, 0) is 29.9 Å². The number of aliphatic carboxylic acids is 1. The lowest BCUT2D eigenvalue weighted by molar-refractivity contribution is -0.143. The van der Waals surface area contributed by atoms with Crippen LogP contribution in [0.25, 0.3) is 0 Å². The van der Waals surface area contributed by atoms with Crippen molar-refractivity contribution in [3.8, 4) is 11.5 Å². The second-order valence-corrected chi connectivity index (χ2v) is 10.3. The van der Waals surface area contributed by atoms with Crippen molar-refractivity contribution < 1.29 is 29.0 Å². The number of carbonyl (C=O) groups excluding carboxylic acids is 2. The third kappa shape index (κ3) is 8.22. The first-order valence-corrected chi connectivity index (χ1v) is 12.2. The molecule has 1 fully saturated rings. The van der Waals surface area contributed by atoms with Crippen LogP contribution in [-0.2, 0) is 9.59 Å². The van der Waals surface area contributed by atoms with Gasteiger partial charge in [-0.15, -0.1) is 0 Å². The SMILES string of the molecule is CC(C)COc1ccc(C(=O)N2CCN(C(=O)CC(C)C)C(CC(=O)O)C2)c(OCC(C)C)c1. The smallest absolute Gasteiger partial charge is 0.305 e. The van der Waals surface area contributed by atoms with Gasteiger partial charge in [0.2, 0.25) is 5.91 Å². The molecular formula is C26H40N2O6. The van der Waals surface area contributed by atoms with E-state index in [1.165, 1.54) is 0 Å². The van der Waals surface area contributed by atoms with Crippen molar-refractivity contribution in [3.63, 3.8) is 0 Å². The van der Waals surface area contributed by atoms with E-state index in [1.54, 1.807) is 28.0 Å². The van der Waals surface area contributed by atoms with E-state index in [0.717, 1.165) is 0 Å². The first kappa shape index (κ1) is 27.5. The van der Waals surface area contributed by atoms with E-state index in [9.17, 15) is 19.5 Å². The molecule has 1 atom stereocenters. The highest BCUT2D eigenvalue weighted by Gasteiger charge is 2.35. The van der Waals surface area contributed by atoms with Gasteiger partial charge in [-0.1, -0.05) is 41.5 Å². The molecule has 8 heteroatoms. The van der Waals surface area contributed by atoms with Crippen molar-refractivity contribution >= 4 is 17.8 Å². The van der Waals surface area contributed by atoms with Gasteiger partial charge >= 0.3 is 5.97 Å². The number of ether oxygens (including phenoxy) is 2. The fraction of sp³-hybridized carbons (Fsp3) is 0.654. The zero-order valence-electron chi connectivity index (χ0n) is 21.4. The Hall–Kier alpha value is -2.77. The number of carboxylic acid groups (broad SMARTS) is 1. The Morgan fingerprint density at radius 2 is 1.62 bits per heavy atom. The number of piperazine rings is 1. The summed E-state index contributed by atoms with van der Waals surface area (Å²) in [6.07, 6.45) is 0.154. The molecule has 1 aliphatic heterocycles. The van der Waals surface area contributed by atoms with Crippen LogP contribution in [0.4, 0.5) is 0 Å². The van der Waals surface area contributed by atoms with Gasteiger partial charge in [-0.3, -0.25) is 14.4 Å². The minimum absolute atomic E-state index is 0.0686. The highest BCUT2D eigenvalue weighted by atomic mass is 16.5. The topological polar surface area (TPSA) is 96.4 Å². The Kier molecular flexibility index (Phi) is 10.2. The molecule has 1 aromatic carbocycles. The largest absolute Gasteiger partial charge is 0.493 e. The van der Waals surface area contributed by atoms with E-state index in [4.69, 9.17) is 9.47 Å². The lowest BCUT2D eigenvalue weighted by Crippen LogP contribution is -2.57. The molecule has 0 aromatic heterocycles. The fourth-order valence-corrected chi connectivity index (χ4v) is 3.79. The molecular weight excluding hydrogens is 436 g/mol. The maximum Gasteiger partial charge on any atom is 0.305 e. The number of hydrogen-bond donors (Lipinski definition) is 1. The van der Waals surface area contributed by atoms with Crippen LogP contribution in [0.1, 0.15) is 64.7 Å². The van der Waals surface area contributed by atoms with Crippen LogP contribution in [-0.4, -0.2) is 71.6 Å². The Bertz CT molecular complexity index is 852. The molecule has 2 amide bonds. The van der Waals surface area contributed by atoms with Crippen molar-refractivity contribution in [2.45, 2.75) is 60.4 Å². The van der Waals surface area contributed by atoms with Crippen LogP contribution >= 0.6 is 0 Å². The summed E-state index contributed by atoms with van der Waals surface area (Å²) in [6, 6.07) is 4.65. The summed E-state index contributed by atoms with van der Waals surface area (Å²) in [7, 11) is 0. The molecule has 190 valence electrons. The lowest BCUT2D eigenvalue weighted by Gasteiger charge is -2.41. The highest BCUT2D eigenvalue weighted by Crippen LogP contribution is 2.28. The van der Waals surface area contributed by atoms with Gasteiger partial charge in [0.15, 0.2) is 0 Å². The van der Waals surface area contributed by atoms with Crippen LogP contribution in [0, 0.1) is 17.8 Å². The molecule has 1 aliphatic rings. The van der Waals surface area contributed by atoms with Gasteiger partial charge in [-0.2, -0.15) is 0 Å². The van der Waals surface area contributed by atoms with Gasteiger partial charge in [0.1, 0.15) is 11.5 Å². The molecule has 0 aliphatic carbocycles. The van der Waals surface area contributed by atoms with Crippen LogP contribution in [0.5, 0.6) is 11.5 Å². The summed E-state index contributed by atoms with van der Waals surface area (Å²) in [6.45, 7) is 13.9. The maximum atomic E-state index is 13.5. The average Bonchev–Trinajstić information content (AvgIpc) is 2.74. The monoisotopic (exact) mass is 476 g/mol. The minimum atomic E-state index is -0.991. The summed E-state index contributed by atoms with van der Waals surface area (Å²) < 4.78 is 11.8. The van der Waals surface area contributed by atoms with E-state index in [-0.39, 0.29) is 36.6 Å². The first-order chi connectivity index (χ1) is 16.0. The first-order valence-electron chi connectivity index (χ1n) is 12.2. The quantitative estimate of drug-likeness (QED) is 0.520. The molecule has 0 radical (unpaired) electrons. The molecule has 8 nitrogen and oxygen atoms in total. The zero-order chi connectivity index (χ0) is 25.4. The Morgan fingerprint density at radius 3 is 2.21 bits per heavy atom. The Morgan fingerprint density at radius 1 is 0.971 bits per heavy atom. The van der Waals surface area contributed by atoms with Crippen molar-refractivity contribution in [2.75, 3.05) is 32.8 Å². The van der Waals surface area contributed by atoms with E-state index in [2.05, 4.69) is 13.8 Å². The average molecular weight is 477 g/mol. The second-order valence-electron chi connectivity index (χ2n) is 10.3. The van der Waals surface area contributed by atoms with E-state index >= 15 is 0 Å². The lowest BCUT2D eigenvalue weighted by atomic mass is 10.0. The van der Waals surface area contributed by atoms with Gasteiger partial charge in [0, 0.05) is 32.1 Å². The predicted octanol–water partition coefficient (Wildman–Crippen LogP) is 3.93. The van der Waals surface area contributed by atoms with Gasteiger partial charge < -0.3 is 24.4 Å². The number of amides is 2. The standard InChI is InChI=1S/C26H40N2O6/c1-17(2)11-24(29)28-10-9-27(14-20(28)12-25(30)31)26(32)22-8-7-21(33-15-18(3)4)13-23(22)34-16-19(5)6/h7-8,13,17-20H,9-12,14-16H2,1-6H3,(H,30,31). The van der Waals surface area contributed by atoms with Crippen molar-refractivity contribution in [2.24, 2.45) is 17.8 Å². The molecule has 1 heterocycles. The number of hydrogen-bond acceptors (Lipinski definition) is 5. The Balaban J connectivity index is 2.24. The molecule has 1 aromatic rings. The summed E-state index contributed by atoms with van der Waals surface area (Å²) in [5.74, 6) is 0.608. The zero-order valence-corrected chi connectivity index (χ0v) is 21.4. The molecule has 34 heavy (non-hydrogen) atoms. The normalized spacial score (nSPS) is 16.3. The molecule has 1 unspecified atom stereocenters. The minimum Gasteiger partial charge on any atom is -0.493 e. The summed E-state index contributed by atoms with van der Waals surface area (Å²) in [5, 5.41) is 9.40. The molecule has 0 spiro atoms. The van der Waals surface area contributed by atoms with Crippen LogP contribution < -0.4 is 9.47 Å². The van der Waals surface area contributed by atoms with E-state index < -0.39 is 12.0 Å². The predicted molar refractivity (Wildman–Crippen MR) is 130 cm³/mol. The number of benzene rings is 1. The van der Waals surface area contributed by atoms with E-state index in [1.807, 2.05) is 27.7 Å². The second kappa shape index (κ2) is 12.6. The van der Waals surface area contributed by atoms with Crippen molar-refractivity contribution in [3.05, 3.63) is 23.8 Å². The number of carboxylic acids is 1. The van der Waals surface area contributed by atoms with E-state index in [0.29, 0.717) is 55.7 Å². The number of rotatable bonds is 11. The number of nitrogens with zero attached hydrogens (tertiary/aromatic N) is 2. The highest BCUT2D eigenvalue weighted by molar-refractivity contribution is 5.97. The van der Waals surface area contributed by atoms with Crippen molar-refractivity contribution in [1.82, 2.24) is 9.80 Å². The molecule has 0 bridgehead atoms. The van der Waals surface area contributed by atoms with Gasteiger partial charge in [0.05, 0.1) is 31.2 Å². The third-order valence-corrected chi connectivity index (χ3v) is 5.42. The summed E-state index contributed by atoms with van der Waals surface area (Å²) in [4.78, 5) is 40.9. The molecule has 1 N–H and O–H groups in total. The van der Waals surface area contributed by atoms with Gasteiger partial charge in [-0.25, -0.2) is 0 Å². The molecule has 2 rings (SSSR count). The van der Waals surface area contributed by atoms with Crippen LogP contribution in [0.15, 0.2) is 18.2 Å².